The van der Waals surface area contributed by atoms with Gasteiger partial charge >= 0.3 is 5.97 Å². The number of fused-ring (bicyclic) bond motifs is 1. The molecule has 1 N–H and O–H groups in total. The predicted molar refractivity (Wildman–Crippen MR) is 117 cm³/mol. The average Bonchev–Trinajstić information content (AvgIpc) is 2.72. The fourth-order valence-electron chi connectivity index (χ4n) is 4.23. The molecule has 3 aromatic rings. The highest BCUT2D eigenvalue weighted by Gasteiger charge is 2.21. The van der Waals surface area contributed by atoms with Gasteiger partial charge in [-0.05, 0) is 92.0 Å². The highest BCUT2D eigenvalue weighted by atomic mass is 32.2. The largest absolute Gasteiger partial charge is 0.478 e. The van der Waals surface area contributed by atoms with Gasteiger partial charge in [0.2, 0.25) is 0 Å². The van der Waals surface area contributed by atoms with E-state index < -0.39 is 5.97 Å². The Kier molecular flexibility index (Phi) is 6.00. The molecule has 0 saturated heterocycles. The fourth-order valence-corrected chi connectivity index (χ4v) is 5.24. The summed E-state index contributed by atoms with van der Waals surface area (Å²) in [6, 6.07) is 17.1. The maximum Gasteiger partial charge on any atom is 0.336 e. The average molecular weight is 404 g/mol. The summed E-state index contributed by atoms with van der Waals surface area (Å²) in [7, 11) is 0. The minimum atomic E-state index is -0.871. The van der Waals surface area contributed by atoms with Crippen molar-refractivity contribution in [1.29, 1.82) is 0 Å². The number of pyridine rings is 1. The molecule has 2 aromatic carbocycles. The lowest BCUT2D eigenvalue weighted by molar-refractivity contribution is 0.0695. The lowest BCUT2D eigenvalue weighted by atomic mass is 9.80. The van der Waals surface area contributed by atoms with Gasteiger partial charge in [-0.15, -0.1) is 0 Å². The van der Waals surface area contributed by atoms with Crippen LogP contribution in [0.5, 0.6) is 0 Å². The fraction of sp³-hybridized carbons (Fsp3) is 0.280. The third-order valence-corrected chi connectivity index (χ3v) is 6.65. The number of carboxylic acid groups (broad SMARTS) is 1. The van der Waals surface area contributed by atoms with Crippen molar-refractivity contribution in [2.45, 2.75) is 54.7 Å². The van der Waals surface area contributed by atoms with Crippen molar-refractivity contribution in [3.05, 3.63) is 88.7 Å². The zero-order valence-corrected chi connectivity index (χ0v) is 17.4. The number of benzene rings is 2. The monoisotopic (exact) mass is 403 g/mol. The molecule has 4 rings (SSSR count). The van der Waals surface area contributed by atoms with E-state index in [-0.39, 0.29) is 0 Å². The van der Waals surface area contributed by atoms with Crippen molar-refractivity contribution < 1.29 is 9.90 Å². The number of rotatable bonds is 6. The normalized spacial score (nSPS) is 15.7. The van der Waals surface area contributed by atoms with Gasteiger partial charge in [0.05, 0.1) is 5.56 Å². The minimum absolute atomic E-state index is 0.376. The number of aromatic nitrogens is 1. The third-order valence-electron chi connectivity index (χ3n) is 5.67. The number of carboxylic acids is 1. The van der Waals surface area contributed by atoms with Crippen molar-refractivity contribution in [2.24, 2.45) is 0 Å². The maximum atomic E-state index is 11.4. The summed E-state index contributed by atoms with van der Waals surface area (Å²) in [4.78, 5) is 18.1. The molecular formula is C25H25NO2S. The Bertz CT molecular complexity index is 1030. The molecule has 0 spiro atoms. The van der Waals surface area contributed by atoms with Gasteiger partial charge in [-0.3, -0.25) is 4.98 Å². The molecule has 0 unspecified atom stereocenters. The SMILES string of the molecule is Cc1cccc(Sc2ccc3c(c2)CCC[C@@H]3CCc2cnccc2C(=O)O)c1. The van der Waals surface area contributed by atoms with Crippen LogP contribution in [-0.2, 0) is 12.8 Å². The molecule has 1 aliphatic rings. The second-order valence-electron chi connectivity index (χ2n) is 7.74. The van der Waals surface area contributed by atoms with Crippen molar-refractivity contribution in [3.8, 4) is 0 Å². The van der Waals surface area contributed by atoms with E-state index in [0.29, 0.717) is 11.5 Å². The van der Waals surface area contributed by atoms with Crippen molar-refractivity contribution in [2.75, 3.05) is 0 Å². The van der Waals surface area contributed by atoms with Gasteiger partial charge in [0.25, 0.3) is 0 Å². The first kappa shape index (κ1) is 19.7. The van der Waals surface area contributed by atoms with E-state index >= 15 is 0 Å². The van der Waals surface area contributed by atoms with Gasteiger partial charge in [0, 0.05) is 22.2 Å². The van der Waals surface area contributed by atoms with E-state index in [1.807, 2.05) is 11.8 Å². The van der Waals surface area contributed by atoms with Gasteiger partial charge in [-0.2, -0.15) is 0 Å². The van der Waals surface area contributed by atoms with Gasteiger partial charge in [0.1, 0.15) is 0 Å². The van der Waals surface area contributed by atoms with E-state index in [9.17, 15) is 9.90 Å². The molecule has 4 heteroatoms. The lowest BCUT2D eigenvalue weighted by Gasteiger charge is -2.26. The molecule has 148 valence electrons. The standard InChI is InChI=1S/C25H25NO2S/c1-17-4-2-7-21(14-17)29-22-10-11-23-18(5-3-6-19(23)15-22)8-9-20-16-26-13-12-24(20)25(27)28/h2,4,7,10-16,18H,3,5-6,8-9H2,1H3,(H,27,28)/t18-/m1/s1. The zero-order chi connectivity index (χ0) is 20.2. The smallest absolute Gasteiger partial charge is 0.336 e. The van der Waals surface area contributed by atoms with Crippen LogP contribution in [0.15, 0.2) is 70.7 Å². The van der Waals surface area contributed by atoms with E-state index in [2.05, 4.69) is 54.4 Å². The second-order valence-corrected chi connectivity index (χ2v) is 8.89. The Balaban J connectivity index is 1.49. The van der Waals surface area contributed by atoms with Crippen LogP contribution in [0.25, 0.3) is 0 Å². The van der Waals surface area contributed by atoms with Gasteiger partial charge in [-0.1, -0.05) is 35.5 Å². The summed E-state index contributed by atoms with van der Waals surface area (Å²) in [5.41, 5.74) is 5.37. The maximum absolute atomic E-state index is 11.4. The Morgan fingerprint density at radius 2 is 2.03 bits per heavy atom. The highest BCUT2D eigenvalue weighted by Crippen LogP contribution is 2.38. The van der Waals surface area contributed by atoms with Crippen molar-refractivity contribution >= 4 is 17.7 Å². The van der Waals surface area contributed by atoms with E-state index in [1.54, 1.807) is 18.5 Å². The topological polar surface area (TPSA) is 50.2 Å². The number of nitrogens with zero attached hydrogens (tertiary/aromatic N) is 1. The first-order chi connectivity index (χ1) is 14.1. The van der Waals surface area contributed by atoms with Crippen LogP contribution in [0, 0.1) is 6.92 Å². The molecule has 1 heterocycles. The van der Waals surface area contributed by atoms with Crippen LogP contribution in [0.4, 0.5) is 0 Å². The van der Waals surface area contributed by atoms with Crippen LogP contribution >= 0.6 is 11.8 Å². The molecule has 1 atom stereocenters. The Morgan fingerprint density at radius 1 is 1.17 bits per heavy atom. The molecule has 0 saturated carbocycles. The van der Waals surface area contributed by atoms with Crippen LogP contribution in [0.1, 0.15) is 57.8 Å². The number of hydrogen-bond donors (Lipinski definition) is 1. The first-order valence-corrected chi connectivity index (χ1v) is 11.0. The van der Waals surface area contributed by atoms with Crippen LogP contribution < -0.4 is 0 Å². The molecular weight excluding hydrogens is 378 g/mol. The Hall–Kier alpha value is -2.59. The second kappa shape index (κ2) is 8.83. The predicted octanol–water partition coefficient (Wildman–Crippen LogP) is 6.29. The first-order valence-electron chi connectivity index (χ1n) is 10.1. The van der Waals surface area contributed by atoms with Gasteiger partial charge in [-0.25, -0.2) is 4.79 Å². The van der Waals surface area contributed by atoms with E-state index in [1.165, 1.54) is 39.3 Å². The molecule has 29 heavy (non-hydrogen) atoms. The third kappa shape index (κ3) is 4.70. The summed E-state index contributed by atoms with van der Waals surface area (Å²) >= 11 is 1.82. The van der Waals surface area contributed by atoms with Crippen LogP contribution in [0.2, 0.25) is 0 Å². The summed E-state index contributed by atoms with van der Waals surface area (Å²) in [6.07, 6.45) is 8.45. The molecule has 0 bridgehead atoms. The van der Waals surface area contributed by atoms with Crippen molar-refractivity contribution in [1.82, 2.24) is 4.98 Å². The Labute approximate surface area is 176 Å². The number of aryl methyl sites for hydroxylation is 3. The molecule has 3 nitrogen and oxygen atoms in total. The summed E-state index contributed by atoms with van der Waals surface area (Å²) in [5.74, 6) is -0.386. The van der Waals surface area contributed by atoms with E-state index in [0.717, 1.165) is 24.8 Å². The van der Waals surface area contributed by atoms with Crippen molar-refractivity contribution in [3.63, 3.8) is 0 Å². The number of carbonyl (C=O) groups is 1. The molecule has 0 radical (unpaired) electrons. The van der Waals surface area contributed by atoms with E-state index in [4.69, 9.17) is 0 Å². The van der Waals surface area contributed by atoms with Crippen LogP contribution in [-0.4, -0.2) is 16.1 Å². The molecule has 1 aliphatic carbocycles. The Morgan fingerprint density at radius 3 is 2.86 bits per heavy atom. The minimum Gasteiger partial charge on any atom is -0.478 e. The molecule has 0 amide bonds. The number of hydrogen-bond acceptors (Lipinski definition) is 3. The van der Waals surface area contributed by atoms with Gasteiger partial charge < -0.3 is 5.11 Å². The zero-order valence-electron chi connectivity index (χ0n) is 16.6. The summed E-state index contributed by atoms with van der Waals surface area (Å²) in [6.45, 7) is 2.12. The molecule has 0 fully saturated rings. The molecule has 1 aromatic heterocycles. The summed E-state index contributed by atoms with van der Waals surface area (Å²) < 4.78 is 0. The van der Waals surface area contributed by atoms with Crippen LogP contribution in [0.3, 0.4) is 0 Å². The number of aromatic carboxylic acids is 1. The summed E-state index contributed by atoms with van der Waals surface area (Å²) in [5, 5.41) is 9.40. The quantitative estimate of drug-likeness (QED) is 0.525. The lowest BCUT2D eigenvalue weighted by Crippen LogP contribution is -2.12. The van der Waals surface area contributed by atoms with Gasteiger partial charge in [0.15, 0.2) is 0 Å². The highest BCUT2D eigenvalue weighted by molar-refractivity contribution is 7.99. The molecule has 0 aliphatic heterocycles.